The first-order valence-electron chi connectivity index (χ1n) is 3.46. The Kier molecular flexibility index (Phi) is 2.87. The fourth-order valence-corrected chi connectivity index (χ4v) is 1.34. The number of benzene rings is 1. The van der Waals surface area contributed by atoms with Crippen LogP contribution in [-0.4, -0.2) is 5.11 Å². The molecule has 1 aromatic rings. The van der Waals surface area contributed by atoms with Crippen LogP contribution in [0.4, 0.5) is 4.39 Å². The van der Waals surface area contributed by atoms with Crippen LogP contribution in [0.1, 0.15) is 12.5 Å². The number of allylic oxidation sites excluding steroid dienone is 1. The van der Waals surface area contributed by atoms with Crippen LogP contribution in [0, 0.1) is 5.82 Å². The van der Waals surface area contributed by atoms with Gasteiger partial charge in [-0.25, -0.2) is 4.39 Å². The summed E-state index contributed by atoms with van der Waals surface area (Å²) in [7, 11) is 0. The summed E-state index contributed by atoms with van der Waals surface area (Å²) in [6.07, 6.45) is 3.38. The second-order valence-corrected chi connectivity index (χ2v) is 3.18. The summed E-state index contributed by atoms with van der Waals surface area (Å²) in [4.78, 5) is 0. The zero-order chi connectivity index (χ0) is 9.14. The highest BCUT2D eigenvalue weighted by Crippen LogP contribution is 2.29. The van der Waals surface area contributed by atoms with Gasteiger partial charge in [0.1, 0.15) is 11.6 Å². The fraction of sp³-hybridized carbons (Fsp3) is 0.111. The van der Waals surface area contributed by atoms with Crippen molar-refractivity contribution in [2.24, 2.45) is 0 Å². The van der Waals surface area contributed by atoms with Gasteiger partial charge in [0.15, 0.2) is 0 Å². The topological polar surface area (TPSA) is 20.2 Å². The molecule has 0 aliphatic heterocycles. The van der Waals surface area contributed by atoms with Crippen molar-refractivity contribution in [3.8, 4) is 5.75 Å². The molecule has 3 heteroatoms. The summed E-state index contributed by atoms with van der Waals surface area (Å²) in [6.45, 7) is 1.80. The van der Waals surface area contributed by atoms with Crippen LogP contribution in [0.25, 0.3) is 6.08 Å². The number of phenols is 1. The second-order valence-electron chi connectivity index (χ2n) is 2.33. The van der Waals surface area contributed by atoms with E-state index in [0.29, 0.717) is 10.0 Å². The number of hydrogen-bond donors (Lipinski definition) is 1. The lowest BCUT2D eigenvalue weighted by Crippen LogP contribution is -1.80. The number of halogens is 2. The summed E-state index contributed by atoms with van der Waals surface area (Å²) in [5.74, 6) is -0.303. The van der Waals surface area contributed by atoms with E-state index in [1.54, 1.807) is 19.1 Å². The molecular formula is C9H8BrFO. The highest BCUT2D eigenvalue weighted by Gasteiger charge is 2.04. The highest BCUT2D eigenvalue weighted by molar-refractivity contribution is 9.10. The highest BCUT2D eigenvalue weighted by atomic mass is 79.9. The largest absolute Gasteiger partial charge is 0.506 e. The van der Waals surface area contributed by atoms with Crippen molar-refractivity contribution in [3.05, 3.63) is 34.1 Å². The van der Waals surface area contributed by atoms with Gasteiger partial charge in [-0.2, -0.15) is 0 Å². The number of phenolic OH excluding ortho intramolecular Hbond substituents is 1. The lowest BCUT2D eigenvalue weighted by molar-refractivity contribution is 0.468. The molecule has 0 heterocycles. The molecule has 0 aliphatic carbocycles. The van der Waals surface area contributed by atoms with Crippen LogP contribution in [-0.2, 0) is 0 Å². The van der Waals surface area contributed by atoms with Crippen LogP contribution in [0.5, 0.6) is 5.75 Å². The van der Waals surface area contributed by atoms with E-state index in [-0.39, 0.29) is 11.6 Å². The number of aromatic hydroxyl groups is 1. The van der Waals surface area contributed by atoms with Gasteiger partial charge in [0, 0.05) is 5.56 Å². The SMILES string of the molecule is C/C=C/c1cc(F)cc(Br)c1O. The second kappa shape index (κ2) is 3.72. The van der Waals surface area contributed by atoms with Gasteiger partial charge in [-0.15, -0.1) is 0 Å². The molecule has 1 rings (SSSR count). The molecule has 0 saturated carbocycles. The maximum atomic E-state index is 12.8. The van der Waals surface area contributed by atoms with Gasteiger partial charge in [0.25, 0.3) is 0 Å². The van der Waals surface area contributed by atoms with E-state index in [4.69, 9.17) is 0 Å². The van der Waals surface area contributed by atoms with Crippen molar-refractivity contribution in [1.29, 1.82) is 0 Å². The predicted molar refractivity (Wildman–Crippen MR) is 50.5 cm³/mol. The predicted octanol–water partition coefficient (Wildman–Crippen LogP) is 3.33. The minimum absolute atomic E-state index is 0.0644. The summed E-state index contributed by atoms with van der Waals surface area (Å²) >= 11 is 3.04. The zero-order valence-corrected chi connectivity index (χ0v) is 8.10. The average Bonchev–Trinajstić information content (AvgIpc) is 2.00. The van der Waals surface area contributed by atoms with Crippen molar-refractivity contribution in [2.45, 2.75) is 6.92 Å². The van der Waals surface area contributed by atoms with Crippen molar-refractivity contribution < 1.29 is 9.50 Å². The first-order valence-corrected chi connectivity index (χ1v) is 4.25. The van der Waals surface area contributed by atoms with Crippen molar-refractivity contribution in [1.82, 2.24) is 0 Å². The Morgan fingerprint density at radius 3 is 2.75 bits per heavy atom. The smallest absolute Gasteiger partial charge is 0.137 e. The molecule has 0 fully saturated rings. The maximum Gasteiger partial charge on any atom is 0.137 e. The minimum atomic E-state index is -0.368. The lowest BCUT2D eigenvalue weighted by atomic mass is 10.2. The van der Waals surface area contributed by atoms with Crippen LogP contribution in [0.3, 0.4) is 0 Å². The van der Waals surface area contributed by atoms with E-state index in [1.165, 1.54) is 12.1 Å². The van der Waals surface area contributed by atoms with Crippen molar-refractivity contribution >= 4 is 22.0 Å². The third kappa shape index (κ3) is 1.85. The van der Waals surface area contributed by atoms with E-state index in [2.05, 4.69) is 15.9 Å². The molecule has 1 N–H and O–H groups in total. The summed E-state index contributed by atoms with van der Waals surface area (Å²) in [5.41, 5.74) is 0.476. The van der Waals surface area contributed by atoms with Crippen LogP contribution in [0.2, 0.25) is 0 Å². The molecule has 0 saturated heterocycles. The zero-order valence-electron chi connectivity index (χ0n) is 6.51. The quantitative estimate of drug-likeness (QED) is 0.785. The Balaban J connectivity index is 3.27. The molecule has 1 nitrogen and oxygen atoms in total. The van der Waals surface area contributed by atoms with Gasteiger partial charge < -0.3 is 5.11 Å². The number of hydrogen-bond acceptors (Lipinski definition) is 1. The van der Waals surface area contributed by atoms with Gasteiger partial charge in [0.05, 0.1) is 4.47 Å². The van der Waals surface area contributed by atoms with Crippen molar-refractivity contribution in [3.63, 3.8) is 0 Å². The lowest BCUT2D eigenvalue weighted by Gasteiger charge is -2.01. The molecule has 64 valence electrons. The monoisotopic (exact) mass is 230 g/mol. The van der Waals surface area contributed by atoms with E-state index in [0.717, 1.165) is 0 Å². The first-order chi connectivity index (χ1) is 5.65. The van der Waals surface area contributed by atoms with Gasteiger partial charge in [-0.05, 0) is 35.0 Å². The van der Waals surface area contributed by atoms with Crippen LogP contribution in [0.15, 0.2) is 22.7 Å². The van der Waals surface area contributed by atoms with Crippen LogP contribution < -0.4 is 0 Å². The fourth-order valence-electron chi connectivity index (χ4n) is 0.892. The maximum absolute atomic E-state index is 12.8. The van der Waals surface area contributed by atoms with Gasteiger partial charge in [0.2, 0.25) is 0 Å². The molecule has 0 atom stereocenters. The van der Waals surface area contributed by atoms with Gasteiger partial charge in [-0.3, -0.25) is 0 Å². The Hall–Kier alpha value is -0.830. The van der Waals surface area contributed by atoms with E-state index < -0.39 is 0 Å². The summed E-state index contributed by atoms with van der Waals surface area (Å²) in [5, 5.41) is 9.39. The Bertz CT molecular complexity index is 321. The third-order valence-electron chi connectivity index (χ3n) is 1.40. The minimum Gasteiger partial charge on any atom is -0.506 e. The molecule has 12 heavy (non-hydrogen) atoms. The molecule has 0 aliphatic rings. The molecule has 1 aromatic carbocycles. The van der Waals surface area contributed by atoms with E-state index in [1.807, 2.05) is 0 Å². The molecule has 0 bridgehead atoms. The summed E-state index contributed by atoms with van der Waals surface area (Å²) in [6, 6.07) is 2.50. The molecule has 0 aromatic heterocycles. The number of rotatable bonds is 1. The van der Waals surface area contributed by atoms with Crippen molar-refractivity contribution in [2.75, 3.05) is 0 Å². The molecular weight excluding hydrogens is 223 g/mol. The molecule has 0 amide bonds. The van der Waals surface area contributed by atoms with E-state index in [9.17, 15) is 9.50 Å². The van der Waals surface area contributed by atoms with Gasteiger partial charge >= 0.3 is 0 Å². The third-order valence-corrected chi connectivity index (χ3v) is 2.01. The first kappa shape index (κ1) is 9.26. The molecule has 0 spiro atoms. The Morgan fingerprint density at radius 2 is 2.17 bits per heavy atom. The van der Waals surface area contributed by atoms with Crippen LogP contribution >= 0.6 is 15.9 Å². The average molecular weight is 231 g/mol. The standard InChI is InChI=1S/C9H8BrFO/c1-2-3-6-4-7(11)5-8(10)9(6)12/h2-5,12H,1H3/b3-2+. The van der Waals surface area contributed by atoms with Gasteiger partial charge in [-0.1, -0.05) is 12.2 Å². The van der Waals surface area contributed by atoms with E-state index >= 15 is 0 Å². The molecule has 0 unspecified atom stereocenters. The normalized spacial score (nSPS) is 10.9. The Morgan fingerprint density at radius 1 is 1.50 bits per heavy atom. The molecule has 0 radical (unpaired) electrons. The summed E-state index contributed by atoms with van der Waals surface area (Å²) < 4.78 is 13.1. The Labute approximate surface area is 78.7 Å².